The van der Waals surface area contributed by atoms with Gasteiger partial charge in [-0.25, -0.2) is 0 Å². The normalized spacial score (nSPS) is 30.8. The first-order chi connectivity index (χ1) is 11.7. The molecular weight excluding hydrogens is 320 g/mol. The molecule has 138 valence electrons. The van der Waals surface area contributed by atoms with Gasteiger partial charge in [0.15, 0.2) is 5.96 Å². The van der Waals surface area contributed by atoms with E-state index in [1.165, 1.54) is 30.8 Å². The third-order valence-electron chi connectivity index (χ3n) is 5.71. The van der Waals surface area contributed by atoms with Crippen LogP contribution in [0.15, 0.2) is 4.99 Å². The molecule has 0 aromatic rings. The Bertz CT molecular complexity index is 411. The van der Waals surface area contributed by atoms with Gasteiger partial charge < -0.3 is 15.0 Å². The number of hydrogen-bond acceptors (Lipinski definition) is 4. The molecule has 0 amide bonds. The molecule has 6 heteroatoms. The third-order valence-corrected chi connectivity index (χ3v) is 6.94. The van der Waals surface area contributed by atoms with Gasteiger partial charge in [-0.1, -0.05) is 6.92 Å². The van der Waals surface area contributed by atoms with Crippen molar-refractivity contribution in [3.63, 3.8) is 0 Å². The standard InChI is InChI=1S/C18H34N4OS/c1-3-19-17(21-7-4-16(2)5-8-21)20-14-18(6-13-24-15-18)22-9-11-23-12-10-22/h16H,3-15H2,1-2H3,(H,19,20). The molecule has 5 nitrogen and oxygen atoms in total. The molecule has 3 aliphatic rings. The molecule has 1 unspecified atom stereocenters. The molecule has 1 N–H and O–H groups in total. The zero-order valence-electron chi connectivity index (χ0n) is 15.4. The highest BCUT2D eigenvalue weighted by Crippen LogP contribution is 2.34. The van der Waals surface area contributed by atoms with Gasteiger partial charge in [0, 0.05) is 38.5 Å². The molecule has 3 rings (SSSR count). The van der Waals surface area contributed by atoms with Crippen LogP contribution in [-0.2, 0) is 4.74 Å². The highest BCUT2D eigenvalue weighted by molar-refractivity contribution is 7.99. The summed E-state index contributed by atoms with van der Waals surface area (Å²) in [7, 11) is 0. The summed E-state index contributed by atoms with van der Waals surface area (Å²) in [5, 5.41) is 3.54. The summed E-state index contributed by atoms with van der Waals surface area (Å²) >= 11 is 2.09. The number of likely N-dealkylation sites (tertiary alicyclic amines) is 1. The Labute approximate surface area is 151 Å². The van der Waals surface area contributed by atoms with Crippen molar-refractivity contribution in [3.05, 3.63) is 0 Å². The van der Waals surface area contributed by atoms with Gasteiger partial charge in [-0.15, -0.1) is 0 Å². The molecule has 3 heterocycles. The zero-order chi connectivity index (χ0) is 16.8. The number of hydrogen-bond donors (Lipinski definition) is 1. The molecule has 0 spiro atoms. The van der Waals surface area contributed by atoms with Crippen molar-refractivity contribution in [2.45, 2.75) is 38.6 Å². The van der Waals surface area contributed by atoms with Crippen molar-refractivity contribution in [2.75, 3.05) is 64.0 Å². The summed E-state index contributed by atoms with van der Waals surface area (Å²) in [5.41, 5.74) is 0.248. The highest BCUT2D eigenvalue weighted by atomic mass is 32.2. The van der Waals surface area contributed by atoms with Crippen LogP contribution in [0.4, 0.5) is 0 Å². The van der Waals surface area contributed by atoms with Gasteiger partial charge in [0.05, 0.1) is 25.3 Å². The minimum absolute atomic E-state index is 0.248. The van der Waals surface area contributed by atoms with Crippen LogP contribution in [0.5, 0.6) is 0 Å². The Morgan fingerprint density at radius 3 is 2.62 bits per heavy atom. The second-order valence-electron chi connectivity index (χ2n) is 7.47. The quantitative estimate of drug-likeness (QED) is 0.617. The first-order valence-corrected chi connectivity index (χ1v) is 10.8. The Kier molecular flexibility index (Phi) is 6.70. The maximum Gasteiger partial charge on any atom is 0.193 e. The lowest BCUT2D eigenvalue weighted by atomic mass is 9.96. The van der Waals surface area contributed by atoms with Crippen molar-refractivity contribution in [1.29, 1.82) is 0 Å². The first-order valence-electron chi connectivity index (χ1n) is 9.67. The van der Waals surface area contributed by atoms with E-state index in [2.05, 4.69) is 40.7 Å². The lowest BCUT2D eigenvalue weighted by Gasteiger charge is -2.42. The maximum atomic E-state index is 5.57. The van der Waals surface area contributed by atoms with Crippen molar-refractivity contribution >= 4 is 17.7 Å². The molecule has 0 aromatic heterocycles. The molecule has 0 bridgehead atoms. The van der Waals surface area contributed by atoms with Gasteiger partial charge in [0.25, 0.3) is 0 Å². The van der Waals surface area contributed by atoms with E-state index in [9.17, 15) is 0 Å². The summed E-state index contributed by atoms with van der Waals surface area (Å²) in [4.78, 5) is 10.3. The Morgan fingerprint density at radius 2 is 2.00 bits per heavy atom. The number of guanidine groups is 1. The number of nitrogens with zero attached hydrogens (tertiary/aromatic N) is 3. The molecule has 3 fully saturated rings. The minimum Gasteiger partial charge on any atom is -0.379 e. The minimum atomic E-state index is 0.248. The lowest BCUT2D eigenvalue weighted by Crippen LogP contribution is -2.56. The van der Waals surface area contributed by atoms with E-state index in [0.29, 0.717) is 0 Å². The number of thioether (sulfide) groups is 1. The second kappa shape index (κ2) is 8.77. The maximum absolute atomic E-state index is 5.57. The van der Waals surface area contributed by atoms with Crippen molar-refractivity contribution < 1.29 is 4.74 Å². The molecule has 3 aliphatic heterocycles. The molecule has 24 heavy (non-hydrogen) atoms. The van der Waals surface area contributed by atoms with Gasteiger partial charge in [-0.05, 0) is 37.9 Å². The fourth-order valence-corrected chi connectivity index (χ4v) is 5.44. The van der Waals surface area contributed by atoms with Crippen molar-refractivity contribution in [2.24, 2.45) is 10.9 Å². The Hall–Kier alpha value is -0.460. The van der Waals surface area contributed by atoms with Gasteiger partial charge in [0.2, 0.25) is 0 Å². The van der Waals surface area contributed by atoms with Crippen LogP contribution in [0.25, 0.3) is 0 Å². The third kappa shape index (κ3) is 4.38. The van der Waals surface area contributed by atoms with Crippen LogP contribution < -0.4 is 5.32 Å². The highest BCUT2D eigenvalue weighted by Gasteiger charge is 2.40. The van der Waals surface area contributed by atoms with Crippen molar-refractivity contribution in [3.8, 4) is 0 Å². The first kappa shape index (κ1) is 18.3. The lowest BCUT2D eigenvalue weighted by molar-refractivity contribution is -0.0105. The molecule has 0 aliphatic carbocycles. The SMILES string of the molecule is CCNC(=NCC1(N2CCOCC2)CCSC1)N1CCC(C)CC1. The smallest absolute Gasteiger partial charge is 0.193 e. The van der Waals surface area contributed by atoms with Crippen molar-refractivity contribution in [1.82, 2.24) is 15.1 Å². The van der Waals surface area contributed by atoms with E-state index >= 15 is 0 Å². The van der Waals surface area contributed by atoms with Gasteiger partial charge in [-0.2, -0.15) is 11.8 Å². The number of aliphatic imine (C=N–C) groups is 1. The van der Waals surface area contributed by atoms with Gasteiger partial charge in [0.1, 0.15) is 0 Å². The number of morpholine rings is 1. The van der Waals surface area contributed by atoms with E-state index in [0.717, 1.165) is 64.4 Å². The van der Waals surface area contributed by atoms with Crippen LogP contribution in [0.2, 0.25) is 0 Å². The van der Waals surface area contributed by atoms with E-state index in [-0.39, 0.29) is 5.54 Å². The number of rotatable bonds is 4. The van der Waals surface area contributed by atoms with E-state index in [4.69, 9.17) is 9.73 Å². The molecule has 0 radical (unpaired) electrons. The molecule has 0 saturated carbocycles. The molecule has 1 atom stereocenters. The van der Waals surface area contributed by atoms with E-state index < -0.39 is 0 Å². The summed E-state index contributed by atoms with van der Waals surface area (Å²) < 4.78 is 5.57. The van der Waals surface area contributed by atoms with Gasteiger partial charge in [-0.3, -0.25) is 9.89 Å². The predicted octanol–water partition coefficient (Wildman–Crippen LogP) is 1.89. The largest absolute Gasteiger partial charge is 0.379 e. The Balaban J connectivity index is 1.68. The summed E-state index contributed by atoms with van der Waals surface area (Å²) in [5.74, 6) is 4.47. The molecule has 3 saturated heterocycles. The number of ether oxygens (including phenoxy) is 1. The van der Waals surface area contributed by atoms with Crippen LogP contribution in [-0.4, -0.2) is 85.3 Å². The van der Waals surface area contributed by atoms with Gasteiger partial charge >= 0.3 is 0 Å². The van der Waals surface area contributed by atoms with Crippen LogP contribution in [0.1, 0.15) is 33.1 Å². The van der Waals surface area contributed by atoms with E-state index in [1.54, 1.807) is 0 Å². The fourth-order valence-electron chi connectivity index (χ4n) is 3.98. The summed E-state index contributed by atoms with van der Waals surface area (Å²) in [6.45, 7) is 12.6. The van der Waals surface area contributed by atoms with Crippen LogP contribution in [0, 0.1) is 5.92 Å². The average Bonchev–Trinajstić information content (AvgIpc) is 3.10. The summed E-state index contributed by atoms with van der Waals surface area (Å²) in [6.07, 6.45) is 3.83. The molecular formula is C18H34N4OS. The van der Waals surface area contributed by atoms with E-state index in [1.807, 2.05) is 0 Å². The monoisotopic (exact) mass is 354 g/mol. The average molecular weight is 355 g/mol. The summed E-state index contributed by atoms with van der Waals surface area (Å²) in [6, 6.07) is 0. The number of nitrogens with one attached hydrogen (secondary N) is 1. The van der Waals surface area contributed by atoms with Crippen LogP contribution in [0.3, 0.4) is 0 Å². The fraction of sp³-hybridized carbons (Fsp3) is 0.944. The number of piperidine rings is 1. The van der Waals surface area contributed by atoms with Crippen LogP contribution >= 0.6 is 11.8 Å². The molecule has 0 aromatic carbocycles. The second-order valence-corrected chi connectivity index (χ2v) is 8.57. The topological polar surface area (TPSA) is 40.1 Å². The predicted molar refractivity (Wildman–Crippen MR) is 103 cm³/mol. The zero-order valence-corrected chi connectivity index (χ0v) is 16.2. The Morgan fingerprint density at radius 1 is 1.25 bits per heavy atom.